The summed E-state index contributed by atoms with van der Waals surface area (Å²) in [5, 5.41) is 13.0. The summed E-state index contributed by atoms with van der Waals surface area (Å²) in [5.41, 5.74) is 13.4. The average molecular weight is 397 g/mol. The van der Waals surface area contributed by atoms with Gasteiger partial charge in [-0.25, -0.2) is 24.3 Å². The van der Waals surface area contributed by atoms with Crippen LogP contribution in [0.3, 0.4) is 0 Å². The summed E-state index contributed by atoms with van der Waals surface area (Å²) in [7, 11) is 0. The molecule has 11 heteroatoms. The number of nitrogens with zero attached hydrogens (tertiary/aromatic N) is 5. The van der Waals surface area contributed by atoms with Crippen LogP contribution in [0.15, 0.2) is 48.0 Å². The van der Waals surface area contributed by atoms with Crippen molar-refractivity contribution in [1.29, 1.82) is 0 Å². The highest BCUT2D eigenvalue weighted by molar-refractivity contribution is 6.13. The van der Waals surface area contributed by atoms with Crippen LogP contribution >= 0.6 is 0 Å². The standard InChI is InChI=1S/C18H17F2N9/c19-14-2-1-3-15(16(14)20)29-18(25-26-27-29)13-4-10(5-23-17(13)21)11-6-24-28(9-11)12-7-22-8-12/h1-6,9,12,22,26-27H,7-8H2,(H2,21,23). The molecule has 0 aliphatic carbocycles. The van der Waals surface area contributed by atoms with E-state index >= 15 is 0 Å². The lowest BCUT2D eigenvalue weighted by Gasteiger charge is -2.27. The number of hydrogen-bond acceptors (Lipinski definition) is 8. The Labute approximate surface area is 164 Å². The normalized spacial score (nSPS) is 16.5. The minimum Gasteiger partial charge on any atom is -0.383 e. The van der Waals surface area contributed by atoms with Gasteiger partial charge < -0.3 is 11.1 Å². The van der Waals surface area contributed by atoms with Gasteiger partial charge in [0, 0.05) is 36.6 Å². The van der Waals surface area contributed by atoms with Crippen LogP contribution in [0.1, 0.15) is 11.6 Å². The van der Waals surface area contributed by atoms with Crippen molar-refractivity contribution in [3.63, 3.8) is 0 Å². The molecule has 0 spiro atoms. The maximum Gasteiger partial charge on any atom is 0.184 e. The summed E-state index contributed by atoms with van der Waals surface area (Å²) in [6.07, 6.45) is 5.34. The molecule has 0 atom stereocenters. The fraction of sp³-hybridized carbons (Fsp3) is 0.167. The Morgan fingerprint density at radius 3 is 2.79 bits per heavy atom. The SMILES string of the molecule is Nc1ncc(-c2cnn(C3CNC3)c2)cc1C1=NNNN1c1cccc(F)c1F. The van der Waals surface area contributed by atoms with Gasteiger partial charge in [-0.2, -0.15) is 5.10 Å². The van der Waals surface area contributed by atoms with E-state index in [1.165, 1.54) is 17.1 Å². The maximum absolute atomic E-state index is 14.3. The van der Waals surface area contributed by atoms with Crippen molar-refractivity contribution in [3.05, 3.63) is 60.1 Å². The first-order valence-electron chi connectivity index (χ1n) is 8.95. The number of anilines is 2. The number of nitrogens with one attached hydrogen (secondary N) is 3. The molecule has 29 heavy (non-hydrogen) atoms. The largest absolute Gasteiger partial charge is 0.383 e. The molecule has 9 nitrogen and oxygen atoms in total. The first kappa shape index (κ1) is 17.5. The zero-order chi connectivity index (χ0) is 20.0. The fourth-order valence-electron chi connectivity index (χ4n) is 3.21. The molecule has 148 valence electrons. The number of aromatic nitrogens is 3. The first-order chi connectivity index (χ1) is 14.1. The molecule has 2 aliphatic rings. The third-order valence-electron chi connectivity index (χ3n) is 4.94. The van der Waals surface area contributed by atoms with Crippen LogP contribution in [0.2, 0.25) is 0 Å². The number of hydrogen-bond donors (Lipinski definition) is 4. The highest BCUT2D eigenvalue weighted by Gasteiger charge is 2.27. The van der Waals surface area contributed by atoms with Gasteiger partial charge >= 0.3 is 0 Å². The average Bonchev–Trinajstić information content (AvgIpc) is 3.33. The van der Waals surface area contributed by atoms with Gasteiger partial charge in [0.05, 0.1) is 17.8 Å². The molecule has 5 N–H and O–H groups in total. The van der Waals surface area contributed by atoms with Crippen LogP contribution in [0.4, 0.5) is 20.3 Å². The predicted molar refractivity (Wildman–Crippen MR) is 103 cm³/mol. The van der Waals surface area contributed by atoms with Crippen molar-refractivity contribution in [2.75, 3.05) is 23.8 Å². The van der Waals surface area contributed by atoms with E-state index in [9.17, 15) is 8.78 Å². The van der Waals surface area contributed by atoms with Gasteiger partial charge in [0.1, 0.15) is 11.5 Å². The molecule has 3 aromatic rings. The Hall–Kier alpha value is -3.57. The molecule has 1 fully saturated rings. The summed E-state index contributed by atoms with van der Waals surface area (Å²) in [6, 6.07) is 6.01. The third-order valence-corrected chi connectivity index (χ3v) is 4.94. The van der Waals surface area contributed by atoms with Gasteiger partial charge in [0.2, 0.25) is 0 Å². The van der Waals surface area contributed by atoms with Crippen LogP contribution < -0.4 is 27.1 Å². The van der Waals surface area contributed by atoms with E-state index < -0.39 is 11.6 Å². The Bertz CT molecular complexity index is 1110. The quantitative estimate of drug-likeness (QED) is 0.523. The second-order valence-corrected chi connectivity index (χ2v) is 6.75. The molecule has 5 rings (SSSR count). The van der Waals surface area contributed by atoms with Crippen molar-refractivity contribution < 1.29 is 8.78 Å². The number of hydrazone groups is 1. The Balaban J connectivity index is 1.51. The number of rotatable bonds is 4. The van der Waals surface area contributed by atoms with E-state index in [-0.39, 0.29) is 17.3 Å². The lowest BCUT2D eigenvalue weighted by Crippen LogP contribution is -2.43. The maximum atomic E-state index is 14.3. The zero-order valence-electron chi connectivity index (χ0n) is 15.1. The van der Waals surface area contributed by atoms with Crippen LogP contribution in [0.25, 0.3) is 11.1 Å². The molecule has 2 aromatic heterocycles. The van der Waals surface area contributed by atoms with Crippen molar-refractivity contribution >= 4 is 17.3 Å². The minimum absolute atomic E-state index is 0.0381. The van der Waals surface area contributed by atoms with E-state index in [1.54, 1.807) is 18.5 Å². The van der Waals surface area contributed by atoms with Crippen LogP contribution in [0, 0.1) is 11.6 Å². The summed E-state index contributed by atoms with van der Waals surface area (Å²) in [6.45, 7) is 1.77. The zero-order valence-corrected chi connectivity index (χ0v) is 15.1. The predicted octanol–water partition coefficient (Wildman–Crippen LogP) is 1.14. The molecule has 1 saturated heterocycles. The van der Waals surface area contributed by atoms with Gasteiger partial charge in [0.15, 0.2) is 17.5 Å². The number of pyridine rings is 1. The molecule has 1 aromatic carbocycles. The van der Waals surface area contributed by atoms with Crippen LogP contribution in [-0.4, -0.2) is 33.7 Å². The lowest BCUT2D eigenvalue weighted by molar-refractivity contribution is 0.318. The number of halogens is 2. The summed E-state index contributed by atoms with van der Waals surface area (Å²) >= 11 is 0. The highest BCUT2D eigenvalue weighted by atomic mass is 19.2. The lowest BCUT2D eigenvalue weighted by atomic mass is 10.1. The number of nitrogens with two attached hydrogens (primary N) is 1. The monoisotopic (exact) mass is 397 g/mol. The van der Waals surface area contributed by atoms with Crippen molar-refractivity contribution in [1.82, 2.24) is 31.2 Å². The molecule has 4 heterocycles. The first-order valence-corrected chi connectivity index (χ1v) is 8.95. The summed E-state index contributed by atoms with van der Waals surface area (Å²) < 4.78 is 29.9. The second-order valence-electron chi connectivity index (χ2n) is 6.75. The van der Waals surface area contributed by atoms with Crippen molar-refractivity contribution in [2.24, 2.45) is 5.10 Å². The molecule has 2 aliphatic heterocycles. The summed E-state index contributed by atoms with van der Waals surface area (Å²) in [5.74, 6) is -1.50. The van der Waals surface area contributed by atoms with Crippen molar-refractivity contribution in [2.45, 2.75) is 6.04 Å². The fourth-order valence-corrected chi connectivity index (χ4v) is 3.21. The number of hydrazine groups is 2. The van der Waals surface area contributed by atoms with Crippen LogP contribution in [0.5, 0.6) is 0 Å². The van der Waals surface area contributed by atoms with E-state index in [4.69, 9.17) is 5.73 Å². The van der Waals surface area contributed by atoms with E-state index in [1.807, 2.05) is 10.9 Å². The molecular formula is C18H17F2N9. The Morgan fingerprint density at radius 1 is 1.14 bits per heavy atom. The topological polar surface area (TPSA) is 108 Å². The minimum atomic E-state index is -1.01. The molecule has 0 amide bonds. The van der Waals surface area contributed by atoms with E-state index in [2.05, 4.69) is 31.6 Å². The molecular weight excluding hydrogens is 380 g/mol. The van der Waals surface area contributed by atoms with Gasteiger partial charge in [0.25, 0.3) is 0 Å². The van der Waals surface area contributed by atoms with Gasteiger partial charge in [-0.15, -0.1) is 10.6 Å². The third kappa shape index (κ3) is 2.96. The number of amidine groups is 1. The second kappa shape index (κ2) is 6.79. The molecule has 0 unspecified atom stereocenters. The Morgan fingerprint density at radius 2 is 2.00 bits per heavy atom. The van der Waals surface area contributed by atoms with E-state index in [0.717, 1.165) is 30.3 Å². The van der Waals surface area contributed by atoms with Crippen molar-refractivity contribution in [3.8, 4) is 11.1 Å². The Kier molecular flexibility index (Phi) is 4.11. The molecule has 0 saturated carbocycles. The number of nitrogen functional groups attached to an aromatic ring is 1. The molecule has 0 bridgehead atoms. The van der Waals surface area contributed by atoms with Crippen LogP contribution in [-0.2, 0) is 0 Å². The smallest absolute Gasteiger partial charge is 0.184 e. The van der Waals surface area contributed by atoms with Gasteiger partial charge in [-0.05, 0) is 18.2 Å². The number of benzene rings is 1. The van der Waals surface area contributed by atoms with Gasteiger partial charge in [-0.3, -0.25) is 4.68 Å². The van der Waals surface area contributed by atoms with E-state index in [0.29, 0.717) is 11.6 Å². The van der Waals surface area contributed by atoms with Gasteiger partial charge in [-0.1, -0.05) is 6.07 Å². The summed E-state index contributed by atoms with van der Waals surface area (Å²) in [4.78, 5) is 4.25. The molecule has 0 radical (unpaired) electrons. The highest BCUT2D eigenvalue weighted by Crippen LogP contribution is 2.28.